The summed E-state index contributed by atoms with van der Waals surface area (Å²) in [5.74, 6) is -0.584. The molecular formula is C12H17NO4S. The zero-order chi connectivity index (χ0) is 13.5. The summed E-state index contributed by atoms with van der Waals surface area (Å²) in [6.45, 7) is 6.23. The highest BCUT2D eigenvalue weighted by Crippen LogP contribution is 2.27. The molecule has 0 bridgehead atoms. The normalized spacial score (nSPS) is 10.2. The van der Waals surface area contributed by atoms with Gasteiger partial charge < -0.3 is 14.8 Å². The lowest BCUT2D eigenvalue weighted by Gasteiger charge is -2.01. The van der Waals surface area contributed by atoms with Gasteiger partial charge >= 0.3 is 5.97 Å². The van der Waals surface area contributed by atoms with E-state index in [0.29, 0.717) is 23.1 Å². The maximum atomic E-state index is 11.6. The average Bonchev–Trinajstić information content (AvgIpc) is 2.68. The zero-order valence-electron chi connectivity index (χ0n) is 10.7. The number of esters is 1. The van der Waals surface area contributed by atoms with Crippen LogP contribution in [0.5, 0.6) is 0 Å². The number of anilines is 1. The van der Waals surface area contributed by atoms with Crippen molar-refractivity contribution in [3.05, 3.63) is 16.5 Å². The van der Waals surface area contributed by atoms with Crippen LogP contribution in [0.2, 0.25) is 0 Å². The highest BCUT2D eigenvalue weighted by Gasteiger charge is 2.15. The molecule has 0 atom stereocenters. The first-order valence-electron chi connectivity index (χ1n) is 5.73. The van der Waals surface area contributed by atoms with E-state index >= 15 is 0 Å². The van der Waals surface area contributed by atoms with Gasteiger partial charge in [0.15, 0.2) is 0 Å². The number of hydrogen-bond acceptors (Lipinski definition) is 5. The third-order valence-corrected chi connectivity index (χ3v) is 3.21. The van der Waals surface area contributed by atoms with Gasteiger partial charge in [-0.15, -0.1) is 11.3 Å². The molecule has 0 aromatic carbocycles. The fourth-order valence-corrected chi connectivity index (χ4v) is 2.29. The van der Waals surface area contributed by atoms with Crippen molar-refractivity contribution in [1.82, 2.24) is 0 Å². The SMILES string of the molecule is CCOCC(=O)Nc1cc(C)c(C(=O)OCC)s1. The van der Waals surface area contributed by atoms with E-state index in [1.165, 1.54) is 11.3 Å². The molecule has 1 aromatic rings. The van der Waals surface area contributed by atoms with E-state index in [1.54, 1.807) is 19.9 Å². The lowest BCUT2D eigenvalue weighted by molar-refractivity contribution is -0.120. The molecule has 100 valence electrons. The minimum Gasteiger partial charge on any atom is -0.462 e. The standard InChI is InChI=1S/C12H17NO4S/c1-4-16-7-9(14)13-10-6-8(3)11(18-10)12(15)17-5-2/h6H,4-5,7H2,1-3H3,(H,13,14). The summed E-state index contributed by atoms with van der Waals surface area (Å²) in [6.07, 6.45) is 0. The van der Waals surface area contributed by atoms with Crippen molar-refractivity contribution < 1.29 is 19.1 Å². The van der Waals surface area contributed by atoms with Crippen molar-refractivity contribution >= 4 is 28.2 Å². The summed E-state index contributed by atoms with van der Waals surface area (Å²) < 4.78 is 9.92. The second kappa shape index (κ2) is 7.13. The Bertz CT molecular complexity index is 428. The second-order valence-electron chi connectivity index (χ2n) is 3.53. The predicted molar refractivity (Wildman–Crippen MR) is 70.1 cm³/mol. The van der Waals surface area contributed by atoms with Gasteiger partial charge in [-0.1, -0.05) is 0 Å². The topological polar surface area (TPSA) is 64.6 Å². The van der Waals surface area contributed by atoms with Gasteiger partial charge in [-0.05, 0) is 32.4 Å². The molecule has 18 heavy (non-hydrogen) atoms. The Balaban J connectivity index is 2.66. The van der Waals surface area contributed by atoms with Crippen molar-refractivity contribution in [1.29, 1.82) is 0 Å². The molecule has 0 fully saturated rings. The van der Waals surface area contributed by atoms with E-state index in [-0.39, 0.29) is 18.5 Å². The molecule has 1 aromatic heterocycles. The number of carbonyl (C=O) groups excluding carboxylic acids is 2. The van der Waals surface area contributed by atoms with E-state index in [9.17, 15) is 9.59 Å². The van der Waals surface area contributed by atoms with Crippen molar-refractivity contribution in [2.75, 3.05) is 25.1 Å². The molecule has 6 heteroatoms. The third kappa shape index (κ3) is 4.12. The van der Waals surface area contributed by atoms with Gasteiger partial charge in [-0.3, -0.25) is 4.79 Å². The molecule has 1 heterocycles. The summed E-state index contributed by atoms with van der Waals surface area (Å²) in [6, 6.07) is 1.75. The third-order valence-electron chi connectivity index (χ3n) is 2.08. The lowest BCUT2D eigenvalue weighted by Crippen LogP contribution is -2.17. The Morgan fingerprint density at radius 2 is 2.06 bits per heavy atom. The Kier molecular flexibility index (Phi) is 5.80. The molecule has 0 saturated carbocycles. The Morgan fingerprint density at radius 1 is 1.33 bits per heavy atom. The van der Waals surface area contributed by atoms with Crippen LogP contribution in [0.3, 0.4) is 0 Å². The number of carbonyl (C=O) groups is 2. The van der Waals surface area contributed by atoms with Crippen LogP contribution < -0.4 is 5.32 Å². The number of aryl methyl sites for hydroxylation is 1. The van der Waals surface area contributed by atoms with Crippen molar-refractivity contribution in [3.63, 3.8) is 0 Å². The second-order valence-corrected chi connectivity index (χ2v) is 4.58. The number of nitrogens with one attached hydrogen (secondary N) is 1. The summed E-state index contributed by atoms with van der Waals surface area (Å²) in [5, 5.41) is 3.31. The van der Waals surface area contributed by atoms with Crippen LogP contribution in [-0.4, -0.2) is 31.7 Å². The van der Waals surface area contributed by atoms with Crippen LogP contribution in [0.1, 0.15) is 29.1 Å². The molecule has 5 nitrogen and oxygen atoms in total. The van der Waals surface area contributed by atoms with Crippen molar-refractivity contribution in [3.8, 4) is 0 Å². The van der Waals surface area contributed by atoms with Gasteiger partial charge in [0.2, 0.25) is 0 Å². The summed E-state index contributed by atoms with van der Waals surface area (Å²) in [4.78, 5) is 23.5. The highest BCUT2D eigenvalue weighted by atomic mass is 32.1. The first-order valence-corrected chi connectivity index (χ1v) is 6.55. The smallest absolute Gasteiger partial charge is 0.348 e. The van der Waals surface area contributed by atoms with E-state index < -0.39 is 0 Å². The first kappa shape index (κ1) is 14.7. The van der Waals surface area contributed by atoms with Gasteiger partial charge in [-0.2, -0.15) is 0 Å². The maximum absolute atomic E-state index is 11.6. The van der Waals surface area contributed by atoms with E-state index in [2.05, 4.69) is 5.32 Å². The summed E-state index contributed by atoms with van der Waals surface area (Å²) in [7, 11) is 0. The molecule has 0 aliphatic carbocycles. The molecule has 0 aliphatic heterocycles. The number of hydrogen-bond donors (Lipinski definition) is 1. The average molecular weight is 271 g/mol. The van der Waals surface area contributed by atoms with Gasteiger partial charge in [0.1, 0.15) is 11.5 Å². The fraction of sp³-hybridized carbons (Fsp3) is 0.500. The summed E-state index contributed by atoms with van der Waals surface area (Å²) in [5.41, 5.74) is 0.796. The van der Waals surface area contributed by atoms with Crippen LogP contribution >= 0.6 is 11.3 Å². The van der Waals surface area contributed by atoms with Gasteiger partial charge in [0.05, 0.1) is 11.6 Å². The van der Waals surface area contributed by atoms with Gasteiger partial charge in [0, 0.05) is 6.61 Å². The highest BCUT2D eigenvalue weighted by molar-refractivity contribution is 7.18. The Labute approximate surface area is 110 Å². The molecular weight excluding hydrogens is 254 g/mol. The molecule has 1 N–H and O–H groups in total. The van der Waals surface area contributed by atoms with Crippen LogP contribution in [-0.2, 0) is 14.3 Å². The predicted octanol–water partition coefficient (Wildman–Crippen LogP) is 2.21. The van der Waals surface area contributed by atoms with Crippen LogP contribution in [0, 0.1) is 6.92 Å². The van der Waals surface area contributed by atoms with Gasteiger partial charge in [0.25, 0.3) is 5.91 Å². The molecule has 0 spiro atoms. The number of rotatable bonds is 6. The van der Waals surface area contributed by atoms with Crippen molar-refractivity contribution in [2.24, 2.45) is 0 Å². The summed E-state index contributed by atoms with van der Waals surface area (Å²) >= 11 is 1.21. The molecule has 1 rings (SSSR count). The van der Waals surface area contributed by atoms with E-state index in [4.69, 9.17) is 9.47 Å². The van der Waals surface area contributed by atoms with Crippen molar-refractivity contribution in [2.45, 2.75) is 20.8 Å². The van der Waals surface area contributed by atoms with Crippen LogP contribution in [0.4, 0.5) is 5.00 Å². The monoisotopic (exact) mass is 271 g/mol. The van der Waals surface area contributed by atoms with Crippen LogP contribution in [0.25, 0.3) is 0 Å². The number of amides is 1. The molecule has 0 unspecified atom stereocenters. The quantitative estimate of drug-likeness (QED) is 0.806. The molecule has 0 aliphatic rings. The maximum Gasteiger partial charge on any atom is 0.348 e. The molecule has 0 radical (unpaired) electrons. The van der Waals surface area contributed by atoms with Crippen LogP contribution in [0.15, 0.2) is 6.07 Å². The first-order chi connectivity index (χ1) is 8.58. The zero-order valence-corrected chi connectivity index (χ0v) is 11.6. The van der Waals surface area contributed by atoms with E-state index in [0.717, 1.165) is 5.56 Å². The van der Waals surface area contributed by atoms with E-state index in [1.807, 2.05) is 6.92 Å². The molecule has 1 amide bonds. The minimum atomic E-state index is -0.356. The Morgan fingerprint density at radius 3 is 2.67 bits per heavy atom. The molecule has 0 saturated heterocycles. The Hall–Kier alpha value is -1.40. The lowest BCUT2D eigenvalue weighted by atomic mass is 10.3. The van der Waals surface area contributed by atoms with Gasteiger partial charge in [-0.25, -0.2) is 4.79 Å². The fourth-order valence-electron chi connectivity index (χ4n) is 1.31. The minimum absolute atomic E-state index is 0.0161. The number of ether oxygens (including phenoxy) is 2. The largest absolute Gasteiger partial charge is 0.462 e. The number of thiophene rings is 1.